The largest absolute Gasteiger partial charge is 0.389 e. The van der Waals surface area contributed by atoms with E-state index in [1.165, 1.54) is 25.7 Å². The van der Waals surface area contributed by atoms with Crippen molar-refractivity contribution in [3.63, 3.8) is 0 Å². The fourth-order valence-electron chi connectivity index (χ4n) is 3.27. The number of nitriles is 1. The third kappa shape index (κ3) is 3.77. The zero-order chi connectivity index (χ0) is 15.4. The molecule has 0 aliphatic heterocycles. The molecule has 1 atom stereocenters. The van der Waals surface area contributed by atoms with Crippen LogP contribution >= 0.6 is 0 Å². The minimum absolute atomic E-state index is 0.510. The zero-order valence-corrected chi connectivity index (χ0v) is 13.3. The average molecular weight is 286 g/mol. The number of hydrogen-bond acceptors (Lipinski definition) is 3. The lowest BCUT2D eigenvalue weighted by Gasteiger charge is -2.35. The number of nitrogens with zero attached hydrogens (tertiary/aromatic N) is 2. The van der Waals surface area contributed by atoms with Crippen molar-refractivity contribution >= 4 is 5.69 Å². The van der Waals surface area contributed by atoms with E-state index in [4.69, 9.17) is 0 Å². The number of aliphatic hydroxyl groups excluding tert-OH is 1. The molecule has 1 aliphatic carbocycles. The van der Waals surface area contributed by atoms with E-state index in [1.54, 1.807) is 13.0 Å². The molecule has 0 heterocycles. The topological polar surface area (TPSA) is 47.3 Å². The van der Waals surface area contributed by atoms with Crippen molar-refractivity contribution < 1.29 is 5.11 Å². The van der Waals surface area contributed by atoms with E-state index < -0.39 is 6.10 Å². The Labute approximate surface area is 128 Å². The zero-order valence-electron chi connectivity index (χ0n) is 13.3. The predicted molar refractivity (Wildman–Crippen MR) is 86.2 cm³/mol. The van der Waals surface area contributed by atoms with Gasteiger partial charge in [-0.1, -0.05) is 32.8 Å². The van der Waals surface area contributed by atoms with Crippen LogP contribution in [0.4, 0.5) is 5.69 Å². The number of anilines is 1. The summed E-state index contributed by atoms with van der Waals surface area (Å²) in [5.74, 6) is 0.554. The average Bonchev–Trinajstić information content (AvgIpc) is 2.97. The lowest BCUT2D eigenvalue weighted by molar-refractivity contribution is 0.199. The Morgan fingerprint density at radius 2 is 1.95 bits per heavy atom. The van der Waals surface area contributed by atoms with Gasteiger partial charge in [-0.15, -0.1) is 0 Å². The van der Waals surface area contributed by atoms with E-state index in [9.17, 15) is 10.4 Å². The number of rotatable bonds is 5. The summed E-state index contributed by atoms with van der Waals surface area (Å²) in [6.07, 6.45) is 4.47. The maximum Gasteiger partial charge on any atom is 0.0992 e. The molecule has 0 bridgehead atoms. The Kier molecular flexibility index (Phi) is 5.25. The van der Waals surface area contributed by atoms with E-state index in [1.807, 2.05) is 12.1 Å². The summed E-state index contributed by atoms with van der Waals surface area (Å²) < 4.78 is 0. The number of benzene rings is 1. The fraction of sp³-hybridized carbons (Fsp3) is 0.611. The van der Waals surface area contributed by atoms with Gasteiger partial charge in [0.25, 0.3) is 0 Å². The van der Waals surface area contributed by atoms with E-state index in [2.05, 4.69) is 24.8 Å². The maximum absolute atomic E-state index is 10.1. The molecular formula is C18H26N2O. The fourth-order valence-corrected chi connectivity index (χ4v) is 3.27. The van der Waals surface area contributed by atoms with Gasteiger partial charge in [0, 0.05) is 23.8 Å². The maximum atomic E-state index is 10.1. The smallest absolute Gasteiger partial charge is 0.0992 e. The summed E-state index contributed by atoms with van der Waals surface area (Å²) in [6, 6.07) is 8.41. The first-order valence-electron chi connectivity index (χ1n) is 8.01. The summed E-state index contributed by atoms with van der Waals surface area (Å²) in [5, 5.41) is 19.3. The molecule has 1 fully saturated rings. The standard InChI is InChI=1S/C18H26N2O/c1-13(2)12-20(16-6-4-5-7-16)18-10-15(11-19)8-9-17(18)14(3)21/h8-10,13-14,16,21H,4-7,12H2,1-3H3/t14-/m1/s1. The van der Waals surface area contributed by atoms with E-state index in [0.717, 1.165) is 17.8 Å². The molecule has 0 radical (unpaired) electrons. The molecule has 0 unspecified atom stereocenters. The van der Waals surface area contributed by atoms with Gasteiger partial charge in [-0.25, -0.2) is 0 Å². The summed E-state index contributed by atoms with van der Waals surface area (Å²) >= 11 is 0. The summed E-state index contributed by atoms with van der Waals surface area (Å²) in [7, 11) is 0. The normalized spacial score (nSPS) is 17.0. The van der Waals surface area contributed by atoms with Crippen LogP contribution in [0.2, 0.25) is 0 Å². The monoisotopic (exact) mass is 286 g/mol. The van der Waals surface area contributed by atoms with Crippen LogP contribution in [0.5, 0.6) is 0 Å². The molecule has 1 saturated carbocycles. The number of hydrogen-bond donors (Lipinski definition) is 1. The summed E-state index contributed by atoms with van der Waals surface area (Å²) in [6.45, 7) is 7.21. The summed E-state index contributed by atoms with van der Waals surface area (Å²) in [5.41, 5.74) is 2.65. The van der Waals surface area contributed by atoms with Crippen molar-refractivity contribution in [3.8, 4) is 6.07 Å². The molecule has 3 nitrogen and oxygen atoms in total. The van der Waals surface area contributed by atoms with E-state index in [-0.39, 0.29) is 0 Å². The second-order valence-corrected chi connectivity index (χ2v) is 6.55. The lowest BCUT2D eigenvalue weighted by atomic mass is 10.0. The van der Waals surface area contributed by atoms with Gasteiger partial charge in [-0.2, -0.15) is 5.26 Å². The van der Waals surface area contributed by atoms with Crippen molar-refractivity contribution in [3.05, 3.63) is 29.3 Å². The quantitative estimate of drug-likeness (QED) is 0.889. The highest BCUT2D eigenvalue weighted by Crippen LogP contribution is 2.34. The first-order chi connectivity index (χ1) is 10.0. The van der Waals surface area contributed by atoms with Gasteiger partial charge >= 0.3 is 0 Å². The highest BCUT2D eigenvalue weighted by atomic mass is 16.3. The predicted octanol–water partition coefficient (Wildman–Crippen LogP) is 4.02. The van der Waals surface area contributed by atoms with Gasteiger partial charge in [-0.3, -0.25) is 0 Å². The Balaban J connectivity index is 2.43. The van der Waals surface area contributed by atoms with Crippen LogP contribution in [0.15, 0.2) is 18.2 Å². The molecule has 3 heteroatoms. The minimum Gasteiger partial charge on any atom is -0.389 e. The summed E-state index contributed by atoms with van der Waals surface area (Å²) in [4.78, 5) is 2.43. The van der Waals surface area contributed by atoms with Crippen molar-refractivity contribution in [2.45, 2.75) is 58.6 Å². The molecule has 1 aromatic rings. The highest BCUT2D eigenvalue weighted by Gasteiger charge is 2.26. The van der Waals surface area contributed by atoms with Crippen molar-refractivity contribution in [1.29, 1.82) is 5.26 Å². The van der Waals surface area contributed by atoms with Gasteiger partial charge in [0.15, 0.2) is 0 Å². The highest BCUT2D eigenvalue weighted by molar-refractivity contribution is 5.59. The van der Waals surface area contributed by atoms with Crippen molar-refractivity contribution in [2.24, 2.45) is 5.92 Å². The second kappa shape index (κ2) is 6.95. The molecule has 1 aromatic carbocycles. The van der Waals surface area contributed by atoms with Gasteiger partial charge in [-0.05, 0) is 37.8 Å². The molecule has 1 aliphatic rings. The van der Waals surface area contributed by atoms with Crippen LogP contribution < -0.4 is 4.90 Å². The molecule has 0 amide bonds. The van der Waals surface area contributed by atoms with Gasteiger partial charge < -0.3 is 10.0 Å². The van der Waals surface area contributed by atoms with Crippen LogP contribution in [-0.2, 0) is 0 Å². The first-order valence-corrected chi connectivity index (χ1v) is 8.01. The van der Waals surface area contributed by atoms with Crippen LogP contribution in [-0.4, -0.2) is 17.7 Å². The molecule has 2 rings (SSSR count). The van der Waals surface area contributed by atoms with Crippen LogP contribution in [0, 0.1) is 17.2 Å². The SMILES string of the molecule is CC(C)CN(c1cc(C#N)ccc1[C@@H](C)O)C1CCCC1. The molecule has 0 spiro atoms. The van der Waals surface area contributed by atoms with Crippen LogP contribution in [0.3, 0.4) is 0 Å². The van der Waals surface area contributed by atoms with E-state index in [0.29, 0.717) is 17.5 Å². The van der Waals surface area contributed by atoms with Crippen molar-refractivity contribution in [1.82, 2.24) is 0 Å². The Morgan fingerprint density at radius 1 is 1.29 bits per heavy atom. The lowest BCUT2D eigenvalue weighted by Crippen LogP contribution is -2.37. The molecule has 0 saturated heterocycles. The van der Waals surface area contributed by atoms with Gasteiger partial charge in [0.2, 0.25) is 0 Å². The van der Waals surface area contributed by atoms with Gasteiger partial charge in [0.1, 0.15) is 0 Å². The molecule has 114 valence electrons. The third-order valence-corrected chi connectivity index (χ3v) is 4.25. The Morgan fingerprint density at radius 3 is 2.48 bits per heavy atom. The van der Waals surface area contributed by atoms with Crippen LogP contribution in [0.25, 0.3) is 0 Å². The Bertz CT molecular complexity index is 510. The Hall–Kier alpha value is -1.53. The number of aliphatic hydroxyl groups is 1. The van der Waals surface area contributed by atoms with Crippen LogP contribution in [0.1, 0.15) is 63.7 Å². The molecular weight excluding hydrogens is 260 g/mol. The molecule has 21 heavy (non-hydrogen) atoms. The second-order valence-electron chi connectivity index (χ2n) is 6.55. The molecule has 1 N–H and O–H groups in total. The third-order valence-electron chi connectivity index (χ3n) is 4.25. The van der Waals surface area contributed by atoms with Crippen molar-refractivity contribution in [2.75, 3.05) is 11.4 Å². The first kappa shape index (κ1) is 15.9. The minimum atomic E-state index is -0.510. The van der Waals surface area contributed by atoms with Gasteiger partial charge in [0.05, 0.1) is 17.7 Å². The molecule has 0 aromatic heterocycles. The van der Waals surface area contributed by atoms with E-state index >= 15 is 0 Å².